The van der Waals surface area contributed by atoms with E-state index >= 15 is 0 Å². The van der Waals surface area contributed by atoms with Crippen molar-refractivity contribution in [3.05, 3.63) is 20.4 Å². The minimum atomic E-state index is 0.711. The number of methoxy groups -OCH3 is 1. The van der Waals surface area contributed by atoms with Gasteiger partial charge < -0.3 is 10.1 Å². The average molecular weight is 348 g/mol. The van der Waals surface area contributed by atoms with Gasteiger partial charge >= 0.3 is 0 Å². The molecule has 0 aliphatic heterocycles. The number of nitrogens with one attached hydrogen (secondary N) is 1. The molecule has 18 heavy (non-hydrogen) atoms. The van der Waals surface area contributed by atoms with E-state index in [-0.39, 0.29) is 0 Å². The van der Waals surface area contributed by atoms with Gasteiger partial charge in [0.05, 0.1) is 15.3 Å². The second-order valence-electron chi connectivity index (χ2n) is 3.74. The van der Waals surface area contributed by atoms with Crippen LogP contribution < -0.4 is 5.32 Å². The molecular weight excluding hydrogens is 334 g/mol. The Bertz CT molecular complexity index is 493. The third kappa shape index (κ3) is 3.58. The first kappa shape index (κ1) is 14.1. The Balaban J connectivity index is 1.97. The summed E-state index contributed by atoms with van der Waals surface area (Å²) in [6.45, 7) is 4.36. The fraction of sp³-hybridized carbons (Fsp3) is 0.455. The van der Waals surface area contributed by atoms with E-state index < -0.39 is 0 Å². The Labute approximate surface area is 123 Å². The van der Waals surface area contributed by atoms with Crippen molar-refractivity contribution in [2.75, 3.05) is 20.3 Å². The smallest absolute Gasteiger partial charge is 0.157 e. The van der Waals surface area contributed by atoms with Crippen LogP contribution >= 0.6 is 38.6 Å². The number of halogens is 1. The minimum absolute atomic E-state index is 0.711. The molecule has 0 aromatic carbocycles. The maximum absolute atomic E-state index is 4.97. The molecule has 2 aromatic rings. The second kappa shape index (κ2) is 6.72. The van der Waals surface area contributed by atoms with Crippen LogP contribution in [0.5, 0.6) is 0 Å². The summed E-state index contributed by atoms with van der Waals surface area (Å²) >= 11 is 6.86. The van der Waals surface area contributed by atoms with Crippen molar-refractivity contribution in [2.24, 2.45) is 0 Å². The van der Waals surface area contributed by atoms with Gasteiger partial charge in [0.1, 0.15) is 5.01 Å². The molecule has 0 amide bonds. The summed E-state index contributed by atoms with van der Waals surface area (Å²) < 4.78 is 6.13. The van der Waals surface area contributed by atoms with Crippen molar-refractivity contribution < 1.29 is 4.74 Å². The maximum atomic E-state index is 4.97. The van der Waals surface area contributed by atoms with Crippen molar-refractivity contribution in [1.82, 2.24) is 15.5 Å². The number of hydrogen-bond acceptors (Lipinski definition) is 6. The molecule has 0 atom stereocenters. The van der Waals surface area contributed by atoms with Gasteiger partial charge in [-0.1, -0.05) is 11.3 Å². The zero-order chi connectivity index (χ0) is 13.0. The molecular formula is C11H14BrN3OS2. The van der Waals surface area contributed by atoms with Gasteiger partial charge in [0.2, 0.25) is 0 Å². The van der Waals surface area contributed by atoms with Gasteiger partial charge in [0, 0.05) is 20.2 Å². The second-order valence-corrected chi connectivity index (χ2v) is 7.17. The average Bonchev–Trinajstić information content (AvgIpc) is 2.93. The highest BCUT2D eigenvalue weighted by Crippen LogP contribution is 2.35. The number of ether oxygens (including phenoxy) is 1. The summed E-state index contributed by atoms with van der Waals surface area (Å²) in [5.41, 5.74) is 1.24. The fourth-order valence-corrected chi connectivity index (χ4v) is 3.74. The van der Waals surface area contributed by atoms with Gasteiger partial charge in [-0.05, 0) is 34.5 Å². The highest BCUT2D eigenvalue weighted by molar-refractivity contribution is 9.11. The van der Waals surface area contributed by atoms with Gasteiger partial charge in [-0.15, -0.1) is 21.5 Å². The van der Waals surface area contributed by atoms with Gasteiger partial charge in [-0.3, -0.25) is 0 Å². The molecule has 2 heterocycles. The largest absolute Gasteiger partial charge is 0.383 e. The van der Waals surface area contributed by atoms with Crippen LogP contribution in [0.2, 0.25) is 0 Å². The molecule has 0 aliphatic carbocycles. The highest BCUT2D eigenvalue weighted by Gasteiger charge is 2.10. The molecule has 0 unspecified atom stereocenters. The van der Waals surface area contributed by atoms with Crippen molar-refractivity contribution in [3.63, 3.8) is 0 Å². The first-order valence-electron chi connectivity index (χ1n) is 5.49. The first-order chi connectivity index (χ1) is 8.70. The maximum Gasteiger partial charge on any atom is 0.157 e. The molecule has 7 heteroatoms. The molecule has 0 fully saturated rings. The van der Waals surface area contributed by atoms with E-state index in [1.807, 2.05) is 0 Å². The van der Waals surface area contributed by atoms with E-state index in [0.717, 1.165) is 26.9 Å². The van der Waals surface area contributed by atoms with Crippen molar-refractivity contribution >= 4 is 38.6 Å². The lowest BCUT2D eigenvalue weighted by molar-refractivity contribution is 0.199. The molecule has 2 aromatic heterocycles. The standard InChI is InChI=1S/C11H14BrN3OS2/c1-7-5-8(17-10(7)12)11-15-14-9(18-11)6-13-3-4-16-2/h5,13H,3-4,6H2,1-2H3. The van der Waals surface area contributed by atoms with Crippen LogP contribution in [0.1, 0.15) is 10.6 Å². The fourth-order valence-electron chi connectivity index (χ4n) is 1.36. The predicted octanol–water partition coefficient (Wildman–Crippen LogP) is 3.07. The number of aryl methyl sites for hydroxylation is 1. The van der Waals surface area contributed by atoms with E-state index in [9.17, 15) is 0 Å². The van der Waals surface area contributed by atoms with Crippen molar-refractivity contribution in [3.8, 4) is 9.88 Å². The summed E-state index contributed by atoms with van der Waals surface area (Å²) in [7, 11) is 1.70. The molecule has 0 bridgehead atoms. The van der Waals surface area contributed by atoms with Crippen molar-refractivity contribution in [2.45, 2.75) is 13.5 Å². The zero-order valence-electron chi connectivity index (χ0n) is 10.2. The van der Waals surface area contributed by atoms with Crippen molar-refractivity contribution in [1.29, 1.82) is 0 Å². The van der Waals surface area contributed by atoms with Crippen LogP contribution in [-0.4, -0.2) is 30.5 Å². The Kier molecular flexibility index (Phi) is 5.25. The SMILES string of the molecule is COCCNCc1nnc(-c2cc(C)c(Br)s2)s1. The molecule has 2 rings (SSSR count). The summed E-state index contributed by atoms with van der Waals surface area (Å²) in [5, 5.41) is 13.7. The van der Waals surface area contributed by atoms with E-state index in [2.05, 4.69) is 44.4 Å². The summed E-state index contributed by atoms with van der Waals surface area (Å²) in [6, 6.07) is 2.14. The molecule has 0 radical (unpaired) electrons. The van der Waals surface area contributed by atoms with Crippen LogP contribution in [0.25, 0.3) is 9.88 Å². The quantitative estimate of drug-likeness (QED) is 0.815. The summed E-state index contributed by atoms with van der Waals surface area (Å²) in [4.78, 5) is 1.17. The lowest BCUT2D eigenvalue weighted by atomic mass is 10.3. The number of thiophene rings is 1. The molecule has 0 spiro atoms. The molecule has 0 saturated carbocycles. The van der Waals surface area contributed by atoms with Gasteiger partial charge in [0.25, 0.3) is 0 Å². The number of hydrogen-bond donors (Lipinski definition) is 1. The Morgan fingerprint density at radius 3 is 2.89 bits per heavy atom. The number of aromatic nitrogens is 2. The Morgan fingerprint density at radius 2 is 2.22 bits per heavy atom. The lowest BCUT2D eigenvalue weighted by Gasteiger charge is -1.99. The zero-order valence-corrected chi connectivity index (χ0v) is 13.4. The Morgan fingerprint density at radius 1 is 1.39 bits per heavy atom. The van der Waals surface area contributed by atoms with Crippen LogP contribution in [0.15, 0.2) is 9.85 Å². The monoisotopic (exact) mass is 347 g/mol. The first-order valence-corrected chi connectivity index (χ1v) is 7.91. The summed E-state index contributed by atoms with van der Waals surface area (Å²) in [5.74, 6) is 0. The number of rotatable bonds is 6. The molecule has 4 nitrogen and oxygen atoms in total. The number of nitrogens with zero attached hydrogens (tertiary/aromatic N) is 2. The van der Waals surface area contributed by atoms with E-state index in [1.54, 1.807) is 29.8 Å². The van der Waals surface area contributed by atoms with E-state index in [1.165, 1.54) is 10.4 Å². The Hall–Kier alpha value is -0.340. The molecule has 98 valence electrons. The summed E-state index contributed by atoms with van der Waals surface area (Å²) in [6.07, 6.45) is 0. The minimum Gasteiger partial charge on any atom is -0.383 e. The van der Waals surface area contributed by atoms with Crippen LogP contribution in [-0.2, 0) is 11.3 Å². The molecule has 0 saturated heterocycles. The van der Waals surface area contributed by atoms with Gasteiger partial charge in [-0.25, -0.2) is 0 Å². The predicted molar refractivity (Wildman–Crippen MR) is 79.2 cm³/mol. The van der Waals surface area contributed by atoms with E-state index in [4.69, 9.17) is 4.74 Å². The molecule has 1 N–H and O–H groups in total. The highest BCUT2D eigenvalue weighted by atomic mass is 79.9. The third-order valence-corrected chi connectivity index (χ3v) is 5.52. The van der Waals surface area contributed by atoms with E-state index in [0.29, 0.717) is 6.61 Å². The normalized spacial score (nSPS) is 11.1. The topological polar surface area (TPSA) is 47.0 Å². The third-order valence-electron chi connectivity index (χ3n) is 2.29. The van der Waals surface area contributed by atoms with Gasteiger partial charge in [-0.2, -0.15) is 0 Å². The van der Waals surface area contributed by atoms with Crippen LogP contribution in [0, 0.1) is 6.92 Å². The van der Waals surface area contributed by atoms with Crippen LogP contribution in [0.3, 0.4) is 0 Å². The molecule has 0 aliphatic rings. The van der Waals surface area contributed by atoms with Gasteiger partial charge in [0.15, 0.2) is 5.01 Å². The van der Waals surface area contributed by atoms with Crippen LogP contribution in [0.4, 0.5) is 0 Å². The lowest BCUT2D eigenvalue weighted by Crippen LogP contribution is -2.18.